The molecule has 1 amide bonds. The molecule has 3 heterocycles. The number of carbonyl (C=O) groups is 1. The Labute approximate surface area is 120 Å². The third kappa shape index (κ3) is 2.76. The van der Waals surface area contributed by atoms with Crippen molar-refractivity contribution >= 4 is 11.9 Å². The summed E-state index contributed by atoms with van der Waals surface area (Å²) in [5, 5.41) is 0. The Hall–Kier alpha value is -1.65. The SMILES string of the molecule is CC1CCN(c2nccc(C(=O)N3CCCC3)n2)CC1. The average Bonchev–Trinajstić information content (AvgIpc) is 3.01. The van der Waals surface area contributed by atoms with E-state index in [1.165, 1.54) is 12.8 Å². The van der Waals surface area contributed by atoms with E-state index in [4.69, 9.17) is 0 Å². The maximum Gasteiger partial charge on any atom is 0.272 e. The standard InChI is InChI=1S/C15H22N4O/c1-12-5-10-19(11-6-12)15-16-7-4-13(17-15)14(20)18-8-2-3-9-18/h4,7,12H,2-3,5-6,8-11H2,1H3. The molecule has 0 spiro atoms. The van der Waals surface area contributed by atoms with Crippen LogP contribution in [-0.4, -0.2) is 47.0 Å². The highest BCUT2D eigenvalue weighted by atomic mass is 16.2. The lowest BCUT2D eigenvalue weighted by Gasteiger charge is -2.30. The van der Waals surface area contributed by atoms with E-state index in [9.17, 15) is 4.79 Å². The molecule has 2 saturated heterocycles. The summed E-state index contributed by atoms with van der Waals surface area (Å²) in [4.78, 5) is 25.3. The Morgan fingerprint density at radius 3 is 2.60 bits per heavy atom. The van der Waals surface area contributed by atoms with Crippen molar-refractivity contribution < 1.29 is 4.79 Å². The Bertz CT molecular complexity index is 477. The third-order valence-electron chi connectivity index (χ3n) is 4.32. The minimum Gasteiger partial charge on any atom is -0.341 e. The van der Waals surface area contributed by atoms with Gasteiger partial charge in [-0.15, -0.1) is 0 Å². The lowest BCUT2D eigenvalue weighted by Crippen LogP contribution is -2.35. The van der Waals surface area contributed by atoms with E-state index in [-0.39, 0.29) is 5.91 Å². The molecular weight excluding hydrogens is 252 g/mol. The average molecular weight is 274 g/mol. The molecule has 2 fully saturated rings. The van der Waals surface area contributed by atoms with Gasteiger partial charge in [0.25, 0.3) is 5.91 Å². The topological polar surface area (TPSA) is 49.3 Å². The van der Waals surface area contributed by atoms with Crippen molar-refractivity contribution in [2.75, 3.05) is 31.1 Å². The summed E-state index contributed by atoms with van der Waals surface area (Å²) in [6.45, 7) is 5.98. The molecule has 5 nitrogen and oxygen atoms in total. The van der Waals surface area contributed by atoms with Crippen LogP contribution in [0.1, 0.15) is 43.1 Å². The fraction of sp³-hybridized carbons (Fsp3) is 0.667. The van der Waals surface area contributed by atoms with E-state index in [0.717, 1.165) is 44.9 Å². The van der Waals surface area contributed by atoms with Crippen LogP contribution in [-0.2, 0) is 0 Å². The molecule has 0 aromatic carbocycles. The first-order valence-electron chi connectivity index (χ1n) is 7.61. The van der Waals surface area contributed by atoms with Crippen molar-refractivity contribution in [3.63, 3.8) is 0 Å². The molecule has 20 heavy (non-hydrogen) atoms. The summed E-state index contributed by atoms with van der Waals surface area (Å²) in [5.41, 5.74) is 0.538. The largest absolute Gasteiger partial charge is 0.341 e. The van der Waals surface area contributed by atoms with Gasteiger partial charge in [0.1, 0.15) is 5.69 Å². The minimum atomic E-state index is 0.0523. The van der Waals surface area contributed by atoms with Gasteiger partial charge in [-0.05, 0) is 37.7 Å². The Morgan fingerprint density at radius 2 is 1.90 bits per heavy atom. The third-order valence-corrected chi connectivity index (χ3v) is 4.32. The van der Waals surface area contributed by atoms with Gasteiger partial charge in [-0.1, -0.05) is 6.92 Å². The van der Waals surface area contributed by atoms with Crippen LogP contribution in [0.15, 0.2) is 12.3 Å². The maximum atomic E-state index is 12.4. The highest BCUT2D eigenvalue weighted by Gasteiger charge is 2.23. The number of aromatic nitrogens is 2. The second kappa shape index (κ2) is 5.77. The molecule has 0 N–H and O–H groups in total. The number of carbonyl (C=O) groups excluding carboxylic acids is 1. The van der Waals surface area contributed by atoms with E-state index in [1.54, 1.807) is 12.3 Å². The van der Waals surface area contributed by atoms with Crippen molar-refractivity contribution in [3.8, 4) is 0 Å². The zero-order valence-corrected chi connectivity index (χ0v) is 12.1. The molecule has 1 aromatic heterocycles. The first-order chi connectivity index (χ1) is 9.74. The van der Waals surface area contributed by atoms with E-state index >= 15 is 0 Å². The van der Waals surface area contributed by atoms with Crippen LogP contribution in [0.25, 0.3) is 0 Å². The Morgan fingerprint density at radius 1 is 1.20 bits per heavy atom. The predicted molar refractivity (Wildman–Crippen MR) is 77.8 cm³/mol. The fourth-order valence-corrected chi connectivity index (χ4v) is 2.91. The van der Waals surface area contributed by atoms with Gasteiger partial charge in [-0.2, -0.15) is 0 Å². The molecule has 5 heteroatoms. The lowest BCUT2D eigenvalue weighted by molar-refractivity contribution is 0.0787. The number of likely N-dealkylation sites (tertiary alicyclic amines) is 1. The summed E-state index contributed by atoms with van der Waals surface area (Å²) in [5.74, 6) is 1.54. The van der Waals surface area contributed by atoms with Crippen LogP contribution in [0, 0.1) is 5.92 Å². The van der Waals surface area contributed by atoms with Crippen LogP contribution in [0.5, 0.6) is 0 Å². The van der Waals surface area contributed by atoms with Gasteiger partial charge in [-0.25, -0.2) is 9.97 Å². The molecule has 0 atom stereocenters. The lowest BCUT2D eigenvalue weighted by atomic mass is 10.00. The van der Waals surface area contributed by atoms with E-state index in [2.05, 4.69) is 21.8 Å². The number of rotatable bonds is 2. The van der Waals surface area contributed by atoms with Crippen LogP contribution in [0.2, 0.25) is 0 Å². The second-order valence-electron chi connectivity index (χ2n) is 5.91. The first kappa shape index (κ1) is 13.3. The van der Waals surface area contributed by atoms with Gasteiger partial charge >= 0.3 is 0 Å². The summed E-state index contributed by atoms with van der Waals surface area (Å²) in [7, 11) is 0. The summed E-state index contributed by atoms with van der Waals surface area (Å²) in [6, 6.07) is 1.73. The monoisotopic (exact) mass is 274 g/mol. The second-order valence-corrected chi connectivity index (χ2v) is 5.91. The van der Waals surface area contributed by atoms with Crippen molar-refractivity contribution in [2.24, 2.45) is 5.92 Å². The fourth-order valence-electron chi connectivity index (χ4n) is 2.91. The van der Waals surface area contributed by atoms with E-state index < -0.39 is 0 Å². The van der Waals surface area contributed by atoms with Gasteiger partial charge in [0, 0.05) is 32.4 Å². The predicted octanol–water partition coefficient (Wildman–Crippen LogP) is 1.95. The molecular formula is C15H22N4O. The molecule has 0 unspecified atom stereocenters. The van der Waals surface area contributed by atoms with Crippen molar-refractivity contribution in [1.29, 1.82) is 0 Å². The van der Waals surface area contributed by atoms with Crippen molar-refractivity contribution in [1.82, 2.24) is 14.9 Å². The molecule has 2 aliphatic rings. The summed E-state index contributed by atoms with van der Waals surface area (Å²) in [6.07, 6.45) is 6.27. The van der Waals surface area contributed by atoms with Crippen molar-refractivity contribution in [2.45, 2.75) is 32.6 Å². The van der Waals surface area contributed by atoms with E-state index in [1.807, 2.05) is 4.90 Å². The zero-order chi connectivity index (χ0) is 13.9. The minimum absolute atomic E-state index is 0.0523. The van der Waals surface area contributed by atoms with Crippen LogP contribution < -0.4 is 4.90 Å². The van der Waals surface area contributed by atoms with E-state index in [0.29, 0.717) is 11.6 Å². The maximum absolute atomic E-state index is 12.4. The summed E-state index contributed by atoms with van der Waals surface area (Å²) >= 11 is 0. The molecule has 0 saturated carbocycles. The normalized spacial score (nSPS) is 20.4. The van der Waals surface area contributed by atoms with Crippen LogP contribution >= 0.6 is 0 Å². The highest BCUT2D eigenvalue weighted by Crippen LogP contribution is 2.20. The molecule has 3 rings (SSSR count). The molecule has 108 valence electrons. The molecule has 2 aliphatic heterocycles. The first-order valence-corrected chi connectivity index (χ1v) is 7.61. The molecule has 0 bridgehead atoms. The number of hydrogen-bond acceptors (Lipinski definition) is 4. The number of hydrogen-bond donors (Lipinski definition) is 0. The van der Waals surface area contributed by atoms with Gasteiger partial charge in [-0.3, -0.25) is 4.79 Å². The molecule has 1 aromatic rings. The molecule has 0 aliphatic carbocycles. The highest BCUT2D eigenvalue weighted by molar-refractivity contribution is 5.92. The molecule has 0 radical (unpaired) electrons. The summed E-state index contributed by atoms with van der Waals surface area (Å²) < 4.78 is 0. The van der Waals surface area contributed by atoms with Gasteiger partial charge in [0.2, 0.25) is 5.95 Å². The van der Waals surface area contributed by atoms with Crippen LogP contribution in [0.3, 0.4) is 0 Å². The Kier molecular flexibility index (Phi) is 3.85. The number of nitrogens with zero attached hydrogens (tertiary/aromatic N) is 4. The van der Waals surface area contributed by atoms with Gasteiger partial charge in [0.05, 0.1) is 0 Å². The Balaban J connectivity index is 1.73. The van der Waals surface area contributed by atoms with Crippen molar-refractivity contribution in [3.05, 3.63) is 18.0 Å². The number of piperidine rings is 1. The smallest absolute Gasteiger partial charge is 0.272 e. The van der Waals surface area contributed by atoms with Gasteiger partial charge < -0.3 is 9.80 Å². The number of anilines is 1. The van der Waals surface area contributed by atoms with Gasteiger partial charge in [0.15, 0.2) is 0 Å². The van der Waals surface area contributed by atoms with Crippen LogP contribution in [0.4, 0.5) is 5.95 Å². The zero-order valence-electron chi connectivity index (χ0n) is 12.1. The quantitative estimate of drug-likeness (QED) is 0.827. The number of amides is 1.